The second-order valence-corrected chi connectivity index (χ2v) is 3.27. The topological polar surface area (TPSA) is 24.9 Å². The average molecular weight is 178 g/mol. The number of hydrogen-bond donors (Lipinski definition) is 1. The molecule has 0 aliphatic carbocycles. The largest absolute Gasteiger partial charge is 0.316 e. The van der Waals surface area contributed by atoms with E-state index in [9.17, 15) is 0 Å². The summed E-state index contributed by atoms with van der Waals surface area (Å²) in [7, 11) is 0. The van der Waals surface area contributed by atoms with Crippen LogP contribution < -0.4 is 5.32 Å². The van der Waals surface area contributed by atoms with Crippen LogP contribution in [0.3, 0.4) is 0 Å². The van der Waals surface area contributed by atoms with E-state index < -0.39 is 0 Å². The third-order valence-corrected chi connectivity index (χ3v) is 1.93. The Morgan fingerprint density at radius 3 is 2.85 bits per heavy atom. The Morgan fingerprint density at radius 2 is 2.15 bits per heavy atom. The molecule has 0 fully saturated rings. The van der Waals surface area contributed by atoms with Crippen LogP contribution in [0.2, 0.25) is 0 Å². The molecule has 13 heavy (non-hydrogen) atoms. The highest BCUT2D eigenvalue weighted by Gasteiger charge is 1.93. The summed E-state index contributed by atoms with van der Waals surface area (Å²) in [5.41, 5.74) is 2.29. The summed E-state index contributed by atoms with van der Waals surface area (Å²) in [4.78, 5) is 4.43. The van der Waals surface area contributed by atoms with Gasteiger partial charge < -0.3 is 5.32 Å². The van der Waals surface area contributed by atoms with E-state index in [0.717, 1.165) is 25.2 Å². The van der Waals surface area contributed by atoms with Crippen molar-refractivity contribution in [2.75, 3.05) is 13.1 Å². The molecule has 1 heterocycles. The highest BCUT2D eigenvalue weighted by Crippen LogP contribution is 1.97. The molecule has 0 aliphatic rings. The third kappa shape index (κ3) is 4.04. The van der Waals surface area contributed by atoms with E-state index in [1.54, 1.807) is 0 Å². The molecule has 0 unspecified atom stereocenters. The number of nitrogens with one attached hydrogen (secondary N) is 1. The van der Waals surface area contributed by atoms with Crippen LogP contribution in [0.4, 0.5) is 0 Å². The van der Waals surface area contributed by atoms with Gasteiger partial charge in [0.15, 0.2) is 0 Å². The van der Waals surface area contributed by atoms with Gasteiger partial charge in [0, 0.05) is 24.4 Å². The summed E-state index contributed by atoms with van der Waals surface area (Å²) in [6.45, 7) is 6.34. The highest BCUT2D eigenvalue weighted by atomic mass is 14.8. The molecule has 0 aliphatic heterocycles. The molecule has 2 nitrogen and oxygen atoms in total. The second-order valence-electron chi connectivity index (χ2n) is 3.27. The van der Waals surface area contributed by atoms with Crippen molar-refractivity contribution in [3.8, 4) is 0 Å². The first-order chi connectivity index (χ1) is 6.33. The summed E-state index contributed by atoms with van der Waals surface area (Å²) < 4.78 is 0. The van der Waals surface area contributed by atoms with Crippen LogP contribution >= 0.6 is 0 Å². The van der Waals surface area contributed by atoms with Crippen molar-refractivity contribution < 1.29 is 0 Å². The van der Waals surface area contributed by atoms with Gasteiger partial charge in [-0.2, -0.15) is 0 Å². The Labute approximate surface area is 80.4 Å². The smallest absolute Gasteiger partial charge is 0.0419 e. The van der Waals surface area contributed by atoms with Gasteiger partial charge in [-0.05, 0) is 32.0 Å². The number of aromatic nitrogens is 1. The molecule has 1 N–H and O–H groups in total. The molecular formula is C11H18N2. The van der Waals surface area contributed by atoms with Crippen molar-refractivity contribution in [1.29, 1.82) is 0 Å². The standard InChI is InChI=1S/C11H18N2/c1-3-8-12-9-7-11-6-4-5-10(2)13-11/h4-6,12H,3,7-9H2,1-2H3. The minimum Gasteiger partial charge on any atom is -0.316 e. The molecule has 0 bridgehead atoms. The molecule has 0 atom stereocenters. The van der Waals surface area contributed by atoms with Gasteiger partial charge in [0.05, 0.1) is 0 Å². The first-order valence-electron chi connectivity index (χ1n) is 4.96. The second kappa shape index (κ2) is 5.70. The molecule has 0 saturated carbocycles. The van der Waals surface area contributed by atoms with Crippen LogP contribution in [0.5, 0.6) is 0 Å². The Morgan fingerprint density at radius 1 is 1.31 bits per heavy atom. The SMILES string of the molecule is CCCNCCc1cccc(C)n1. The van der Waals surface area contributed by atoms with Crippen molar-refractivity contribution >= 4 is 0 Å². The molecular weight excluding hydrogens is 160 g/mol. The van der Waals surface area contributed by atoms with Gasteiger partial charge in [0.2, 0.25) is 0 Å². The summed E-state index contributed by atoms with van der Waals surface area (Å²) in [6.07, 6.45) is 2.23. The monoisotopic (exact) mass is 178 g/mol. The van der Waals surface area contributed by atoms with Crippen LogP contribution in [-0.2, 0) is 6.42 Å². The molecule has 2 heteroatoms. The molecule has 72 valence electrons. The zero-order valence-corrected chi connectivity index (χ0v) is 8.51. The van der Waals surface area contributed by atoms with Crippen LogP contribution in [-0.4, -0.2) is 18.1 Å². The third-order valence-electron chi connectivity index (χ3n) is 1.93. The van der Waals surface area contributed by atoms with Crippen molar-refractivity contribution in [3.05, 3.63) is 29.6 Å². The molecule has 1 rings (SSSR count). The van der Waals surface area contributed by atoms with Crippen molar-refractivity contribution in [1.82, 2.24) is 10.3 Å². The van der Waals surface area contributed by atoms with Crippen LogP contribution in [0.1, 0.15) is 24.7 Å². The van der Waals surface area contributed by atoms with Gasteiger partial charge in [0.1, 0.15) is 0 Å². The van der Waals surface area contributed by atoms with E-state index in [0.29, 0.717) is 0 Å². The van der Waals surface area contributed by atoms with E-state index in [1.807, 2.05) is 13.0 Å². The summed E-state index contributed by atoms with van der Waals surface area (Å²) in [6, 6.07) is 6.18. The average Bonchev–Trinajstić information content (AvgIpc) is 2.13. The molecule has 0 saturated heterocycles. The Bertz CT molecular complexity index is 246. The summed E-state index contributed by atoms with van der Waals surface area (Å²) in [5.74, 6) is 0. The first-order valence-corrected chi connectivity index (χ1v) is 4.96. The van der Waals surface area contributed by atoms with E-state index >= 15 is 0 Å². The van der Waals surface area contributed by atoms with Crippen LogP contribution in [0, 0.1) is 6.92 Å². The van der Waals surface area contributed by atoms with Crippen LogP contribution in [0.15, 0.2) is 18.2 Å². The predicted octanol–water partition coefficient (Wildman–Crippen LogP) is 1.93. The predicted molar refractivity (Wildman–Crippen MR) is 55.8 cm³/mol. The molecule has 1 aromatic heterocycles. The van der Waals surface area contributed by atoms with E-state index in [-0.39, 0.29) is 0 Å². The normalized spacial score (nSPS) is 10.3. The lowest BCUT2D eigenvalue weighted by Crippen LogP contribution is -2.18. The fourth-order valence-electron chi connectivity index (χ4n) is 1.26. The van der Waals surface area contributed by atoms with Gasteiger partial charge in [-0.15, -0.1) is 0 Å². The van der Waals surface area contributed by atoms with Gasteiger partial charge in [0.25, 0.3) is 0 Å². The zero-order valence-electron chi connectivity index (χ0n) is 8.51. The van der Waals surface area contributed by atoms with E-state index in [1.165, 1.54) is 12.1 Å². The molecule has 0 radical (unpaired) electrons. The van der Waals surface area contributed by atoms with Gasteiger partial charge >= 0.3 is 0 Å². The number of rotatable bonds is 5. The van der Waals surface area contributed by atoms with Crippen molar-refractivity contribution in [2.45, 2.75) is 26.7 Å². The molecule has 0 amide bonds. The molecule has 1 aromatic rings. The van der Waals surface area contributed by atoms with Crippen molar-refractivity contribution in [3.63, 3.8) is 0 Å². The fourth-order valence-corrected chi connectivity index (χ4v) is 1.26. The molecule has 0 spiro atoms. The number of nitrogens with zero attached hydrogens (tertiary/aromatic N) is 1. The van der Waals surface area contributed by atoms with Gasteiger partial charge in [-0.25, -0.2) is 0 Å². The van der Waals surface area contributed by atoms with Crippen LogP contribution in [0.25, 0.3) is 0 Å². The number of hydrogen-bond acceptors (Lipinski definition) is 2. The maximum absolute atomic E-state index is 4.43. The Hall–Kier alpha value is -0.890. The lowest BCUT2D eigenvalue weighted by Gasteiger charge is -2.02. The minimum absolute atomic E-state index is 1.03. The van der Waals surface area contributed by atoms with E-state index in [2.05, 4.69) is 29.4 Å². The minimum atomic E-state index is 1.03. The first kappa shape index (κ1) is 10.2. The lowest BCUT2D eigenvalue weighted by atomic mass is 10.2. The fraction of sp³-hybridized carbons (Fsp3) is 0.545. The summed E-state index contributed by atoms with van der Waals surface area (Å²) in [5, 5.41) is 3.36. The lowest BCUT2D eigenvalue weighted by molar-refractivity contribution is 0.665. The number of aryl methyl sites for hydroxylation is 1. The maximum Gasteiger partial charge on any atom is 0.0419 e. The molecule has 0 aromatic carbocycles. The summed E-state index contributed by atoms with van der Waals surface area (Å²) >= 11 is 0. The van der Waals surface area contributed by atoms with Crippen molar-refractivity contribution in [2.24, 2.45) is 0 Å². The van der Waals surface area contributed by atoms with E-state index in [4.69, 9.17) is 0 Å². The quantitative estimate of drug-likeness (QED) is 0.697. The number of pyridine rings is 1. The van der Waals surface area contributed by atoms with Gasteiger partial charge in [-0.3, -0.25) is 4.98 Å². The maximum atomic E-state index is 4.43. The zero-order chi connectivity index (χ0) is 9.52. The highest BCUT2D eigenvalue weighted by molar-refractivity contribution is 5.10. The Kier molecular flexibility index (Phi) is 4.47. The Balaban J connectivity index is 2.28. The van der Waals surface area contributed by atoms with Gasteiger partial charge in [-0.1, -0.05) is 13.0 Å².